The molecule has 0 heterocycles. The van der Waals surface area contributed by atoms with Crippen LogP contribution in [-0.2, 0) is 4.79 Å². The maximum atomic E-state index is 13.1. The number of hydrogen-bond acceptors (Lipinski definition) is 1. The van der Waals surface area contributed by atoms with Crippen LogP contribution in [-0.4, -0.2) is 17.2 Å². The minimum atomic E-state index is -1.63. The van der Waals surface area contributed by atoms with Crippen molar-refractivity contribution in [1.82, 2.24) is 0 Å². The first-order valence-corrected chi connectivity index (χ1v) is 5.00. The van der Waals surface area contributed by atoms with Crippen LogP contribution >= 0.6 is 0 Å². The van der Waals surface area contributed by atoms with E-state index in [2.05, 4.69) is 0 Å². The van der Waals surface area contributed by atoms with Gasteiger partial charge >= 0.3 is 5.97 Å². The number of alkyl halides is 1. The molecule has 1 unspecified atom stereocenters. The molecule has 2 aliphatic carbocycles. The van der Waals surface area contributed by atoms with E-state index in [1.807, 2.05) is 0 Å². The van der Waals surface area contributed by atoms with Gasteiger partial charge in [-0.05, 0) is 43.9 Å². The van der Waals surface area contributed by atoms with Crippen molar-refractivity contribution in [3.05, 3.63) is 0 Å². The van der Waals surface area contributed by atoms with Gasteiger partial charge in [0, 0.05) is 5.92 Å². The van der Waals surface area contributed by atoms with Gasteiger partial charge < -0.3 is 5.11 Å². The molecule has 0 aromatic rings. The summed E-state index contributed by atoms with van der Waals surface area (Å²) in [6, 6.07) is 0. The fourth-order valence-electron chi connectivity index (χ4n) is 2.42. The van der Waals surface area contributed by atoms with Crippen LogP contribution in [0.15, 0.2) is 0 Å². The van der Waals surface area contributed by atoms with E-state index in [1.54, 1.807) is 0 Å². The Labute approximate surface area is 77.1 Å². The molecule has 0 aromatic carbocycles. The van der Waals surface area contributed by atoms with Crippen LogP contribution in [0, 0.1) is 11.3 Å². The van der Waals surface area contributed by atoms with Gasteiger partial charge in [-0.3, -0.25) is 0 Å². The molecule has 1 atom stereocenters. The molecule has 0 radical (unpaired) electrons. The summed E-state index contributed by atoms with van der Waals surface area (Å²) in [6.45, 7) is 0. The highest BCUT2D eigenvalue weighted by atomic mass is 19.1. The first-order chi connectivity index (χ1) is 6.13. The summed E-state index contributed by atoms with van der Waals surface area (Å²) < 4.78 is 13.1. The van der Waals surface area contributed by atoms with E-state index in [1.165, 1.54) is 12.8 Å². The Balaban J connectivity index is 1.86. The fourth-order valence-corrected chi connectivity index (χ4v) is 2.42. The molecule has 1 N–H and O–H groups in total. The van der Waals surface area contributed by atoms with Crippen molar-refractivity contribution in [2.75, 3.05) is 0 Å². The zero-order valence-corrected chi connectivity index (χ0v) is 7.63. The van der Waals surface area contributed by atoms with Gasteiger partial charge in [0.1, 0.15) is 0 Å². The third-order valence-corrected chi connectivity index (χ3v) is 3.70. The molecule has 2 saturated carbocycles. The summed E-state index contributed by atoms with van der Waals surface area (Å²) in [5.41, 5.74) is 0.523. The van der Waals surface area contributed by atoms with Crippen molar-refractivity contribution in [2.45, 2.75) is 44.7 Å². The lowest BCUT2D eigenvalue weighted by Crippen LogP contribution is -2.29. The maximum absolute atomic E-state index is 13.1. The molecule has 74 valence electrons. The maximum Gasteiger partial charge on any atom is 0.338 e. The Hall–Kier alpha value is -0.600. The van der Waals surface area contributed by atoms with Crippen LogP contribution < -0.4 is 0 Å². The largest absolute Gasteiger partial charge is 0.479 e. The zero-order chi connectivity index (χ0) is 9.47. The Kier molecular flexibility index (Phi) is 2.05. The topological polar surface area (TPSA) is 37.3 Å². The molecule has 0 aromatic heterocycles. The van der Waals surface area contributed by atoms with Gasteiger partial charge in [-0.2, -0.15) is 0 Å². The quantitative estimate of drug-likeness (QED) is 0.718. The lowest BCUT2D eigenvalue weighted by Gasteiger charge is -2.28. The number of halogens is 1. The summed E-state index contributed by atoms with van der Waals surface area (Å²) in [5, 5.41) is 8.50. The molecule has 3 heteroatoms. The zero-order valence-electron chi connectivity index (χ0n) is 7.63. The molecule has 2 rings (SSSR count). The van der Waals surface area contributed by atoms with Gasteiger partial charge in [0.05, 0.1) is 0 Å². The third-order valence-electron chi connectivity index (χ3n) is 3.70. The molecule has 13 heavy (non-hydrogen) atoms. The molecule has 0 aliphatic heterocycles. The predicted molar refractivity (Wildman–Crippen MR) is 46.2 cm³/mol. The summed E-state index contributed by atoms with van der Waals surface area (Å²) in [5.74, 6) is -1.50. The van der Waals surface area contributed by atoms with Crippen molar-refractivity contribution >= 4 is 5.97 Å². The normalized spacial score (nSPS) is 28.7. The Morgan fingerprint density at radius 3 is 2.23 bits per heavy atom. The van der Waals surface area contributed by atoms with E-state index < -0.39 is 12.1 Å². The number of rotatable bonds is 2. The highest BCUT2D eigenvalue weighted by molar-refractivity contribution is 5.72. The summed E-state index contributed by atoms with van der Waals surface area (Å²) in [4.78, 5) is 10.4. The molecule has 2 aliphatic rings. The van der Waals surface area contributed by atoms with Gasteiger partial charge in [-0.15, -0.1) is 0 Å². The summed E-state index contributed by atoms with van der Waals surface area (Å²) in [6.07, 6.45) is 4.57. The smallest absolute Gasteiger partial charge is 0.338 e. The van der Waals surface area contributed by atoms with Gasteiger partial charge in [-0.1, -0.05) is 0 Å². The lowest BCUT2D eigenvalue weighted by atomic mass is 9.78. The molecule has 2 fully saturated rings. The monoisotopic (exact) mass is 186 g/mol. The standard InChI is InChI=1S/C10H15FO2/c11-8(9(12)13)7-1-3-10(4-2-7)5-6-10/h7-8H,1-6H2,(H,12,13). The minimum Gasteiger partial charge on any atom is -0.479 e. The van der Waals surface area contributed by atoms with Crippen LogP contribution in [0.5, 0.6) is 0 Å². The average molecular weight is 186 g/mol. The predicted octanol–water partition coefficient (Wildman–Crippen LogP) is 2.38. The van der Waals surface area contributed by atoms with E-state index in [9.17, 15) is 9.18 Å². The first-order valence-electron chi connectivity index (χ1n) is 5.00. The molecule has 1 spiro atoms. The van der Waals surface area contributed by atoms with E-state index in [0.29, 0.717) is 5.41 Å². The van der Waals surface area contributed by atoms with Crippen LogP contribution in [0.1, 0.15) is 38.5 Å². The third kappa shape index (κ3) is 1.69. The summed E-state index contributed by atoms with van der Waals surface area (Å²) in [7, 11) is 0. The van der Waals surface area contributed by atoms with Crippen LogP contribution in [0.4, 0.5) is 4.39 Å². The average Bonchev–Trinajstić information content (AvgIpc) is 2.85. The molecule has 2 nitrogen and oxygen atoms in total. The second-order valence-electron chi connectivity index (χ2n) is 4.58. The van der Waals surface area contributed by atoms with E-state index in [4.69, 9.17) is 5.11 Å². The molecule has 0 saturated heterocycles. The molecular formula is C10H15FO2. The number of carboxylic acids is 1. The molecule has 0 bridgehead atoms. The van der Waals surface area contributed by atoms with E-state index >= 15 is 0 Å². The number of aliphatic carboxylic acids is 1. The van der Waals surface area contributed by atoms with Crippen molar-refractivity contribution in [3.63, 3.8) is 0 Å². The van der Waals surface area contributed by atoms with Gasteiger partial charge in [0.15, 0.2) is 6.17 Å². The first kappa shape index (κ1) is 8.97. The Bertz CT molecular complexity index is 213. The van der Waals surface area contributed by atoms with Gasteiger partial charge in [-0.25, -0.2) is 9.18 Å². The van der Waals surface area contributed by atoms with Crippen molar-refractivity contribution in [1.29, 1.82) is 0 Å². The number of hydrogen-bond donors (Lipinski definition) is 1. The van der Waals surface area contributed by atoms with Gasteiger partial charge in [0.25, 0.3) is 0 Å². The lowest BCUT2D eigenvalue weighted by molar-refractivity contribution is -0.145. The molecule has 0 amide bonds. The van der Waals surface area contributed by atoms with Gasteiger partial charge in [0.2, 0.25) is 0 Å². The Morgan fingerprint density at radius 2 is 1.85 bits per heavy atom. The minimum absolute atomic E-state index is 0.219. The highest BCUT2D eigenvalue weighted by Gasteiger charge is 2.46. The fraction of sp³-hybridized carbons (Fsp3) is 0.900. The van der Waals surface area contributed by atoms with E-state index in [0.717, 1.165) is 25.7 Å². The van der Waals surface area contributed by atoms with E-state index in [-0.39, 0.29) is 5.92 Å². The summed E-state index contributed by atoms with van der Waals surface area (Å²) >= 11 is 0. The second-order valence-corrected chi connectivity index (χ2v) is 4.58. The number of carbonyl (C=O) groups is 1. The molecular weight excluding hydrogens is 171 g/mol. The van der Waals surface area contributed by atoms with Crippen molar-refractivity contribution < 1.29 is 14.3 Å². The van der Waals surface area contributed by atoms with Crippen LogP contribution in [0.25, 0.3) is 0 Å². The Morgan fingerprint density at radius 1 is 1.31 bits per heavy atom. The number of carboxylic acid groups (broad SMARTS) is 1. The second kappa shape index (κ2) is 2.96. The highest BCUT2D eigenvalue weighted by Crippen LogP contribution is 2.57. The van der Waals surface area contributed by atoms with Crippen LogP contribution in [0.2, 0.25) is 0 Å². The SMILES string of the molecule is O=C(O)C(F)C1CCC2(CC1)CC2. The van der Waals surface area contributed by atoms with Crippen molar-refractivity contribution in [3.8, 4) is 0 Å². The van der Waals surface area contributed by atoms with Crippen molar-refractivity contribution in [2.24, 2.45) is 11.3 Å². The van der Waals surface area contributed by atoms with Crippen LogP contribution in [0.3, 0.4) is 0 Å².